The van der Waals surface area contributed by atoms with Crippen LogP contribution in [0.3, 0.4) is 0 Å². The number of benzene rings is 2. The van der Waals surface area contributed by atoms with Crippen LogP contribution in [0.5, 0.6) is 0 Å². The van der Waals surface area contributed by atoms with Crippen LogP contribution in [0.4, 0.5) is 5.69 Å². The van der Waals surface area contributed by atoms with Gasteiger partial charge in [0.2, 0.25) is 10.0 Å². The largest absolute Gasteiger partial charge is 0.452 e. The molecule has 0 spiro atoms. The Hall–Kier alpha value is -2.13. The first kappa shape index (κ1) is 23.2. The average Bonchev–Trinajstić information content (AvgIpc) is 2.64. The van der Waals surface area contributed by atoms with E-state index in [0.29, 0.717) is 5.69 Å². The van der Waals surface area contributed by atoms with Crippen LogP contribution in [-0.4, -0.2) is 32.9 Å². The van der Waals surface area contributed by atoms with Crippen LogP contribution in [0.15, 0.2) is 41.3 Å². The third kappa shape index (κ3) is 6.43. The van der Waals surface area contributed by atoms with E-state index in [1.165, 1.54) is 19.1 Å². The molecule has 1 amide bonds. The Labute approximate surface area is 179 Å². The molecule has 0 saturated heterocycles. The van der Waals surface area contributed by atoms with Crippen LogP contribution in [-0.2, 0) is 24.3 Å². The van der Waals surface area contributed by atoms with E-state index in [9.17, 15) is 18.0 Å². The van der Waals surface area contributed by atoms with Gasteiger partial charge in [0.25, 0.3) is 5.91 Å². The van der Waals surface area contributed by atoms with E-state index in [1.54, 1.807) is 6.07 Å². The van der Waals surface area contributed by atoms with Crippen molar-refractivity contribution in [3.63, 3.8) is 0 Å². The first-order chi connectivity index (χ1) is 13.5. The highest BCUT2D eigenvalue weighted by molar-refractivity contribution is 7.89. The molecule has 2 N–H and O–H groups in total. The number of nitrogens with one attached hydrogen (secondary N) is 2. The second kappa shape index (κ2) is 9.58. The van der Waals surface area contributed by atoms with Crippen molar-refractivity contribution >= 4 is 50.8 Å². The molecule has 2 rings (SSSR count). The normalized spacial score (nSPS) is 12.3. The summed E-state index contributed by atoms with van der Waals surface area (Å²) in [5.74, 6) is -1.44. The lowest BCUT2D eigenvalue weighted by atomic mass is 10.1. The Morgan fingerprint density at radius 2 is 1.76 bits per heavy atom. The molecular formula is C19H20Cl2N2O5S. The molecule has 0 aliphatic carbocycles. The Kier molecular flexibility index (Phi) is 7.65. The second-order valence-electron chi connectivity index (χ2n) is 6.34. The molecule has 0 aromatic heterocycles. The number of ether oxygens (including phenoxy) is 1. The Morgan fingerprint density at radius 3 is 2.38 bits per heavy atom. The van der Waals surface area contributed by atoms with E-state index in [-0.39, 0.29) is 14.9 Å². The fourth-order valence-corrected chi connectivity index (χ4v) is 3.72. The first-order valence-electron chi connectivity index (χ1n) is 8.52. The number of esters is 1. The van der Waals surface area contributed by atoms with Crippen molar-refractivity contribution in [1.82, 2.24) is 4.72 Å². The van der Waals surface area contributed by atoms with Crippen LogP contribution in [0.25, 0.3) is 0 Å². The minimum Gasteiger partial charge on any atom is -0.452 e. The number of hydrogen-bond acceptors (Lipinski definition) is 5. The van der Waals surface area contributed by atoms with Crippen LogP contribution >= 0.6 is 23.2 Å². The maximum Gasteiger partial charge on any atom is 0.321 e. The zero-order chi connectivity index (χ0) is 21.8. The van der Waals surface area contributed by atoms with E-state index in [2.05, 4.69) is 10.0 Å². The van der Waals surface area contributed by atoms with Gasteiger partial charge in [-0.3, -0.25) is 9.59 Å². The fourth-order valence-electron chi connectivity index (χ4n) is 2.36. The molecule has 0 saturated carbocycles. The molecule has 10 heteroatoms. The minimum absolute atomic E-state index is 0.0637. The highest BCUT2D eigenvalue weighted by atomic mass is 35.5. The van der Waals surface area contributed by atoms with Gasteiger partial charge in [0.1, 0.15) is 6.54 Å². The van der Waals surface area contributed by atoms with Gasteiger partial charge in [-0.05, 0) is 50.6 Å². The van der Waals surface area contributed by atoms with Crippen LogP contribution < -0.4 is 10.0 Å². The fraction of sp³-hybridized carbons (Fsp3) is 0.263. The molecule has 7 nitrogen and oxygen atoms in total. The third-order valence-corrected chi connectivity index (χ3v) is 6.06. The first-order valence-corrected chi connectivity index (χ1v) is 10.8. The summed E-state index contributed by atoms with van der Waals surface area (Å²) in [5.41, 5.74) is 2.52. The van der Waals surface area contributed by atoms with Crippen molar-refractivity contribution in [1.29, 1.82) is 0 Å². The molecule has 0 bridgehead atoms. The highest BCUT2D eigenvalue weighted by Crippen LogP contribution is 2.24. The predicted octanol–water partition coefficient (Wildman–Crippen LogP) is 3.46. The van der Waals surface area contributed by atoms with Crippen molar-refractivity contribution in [3.05, 3.63) is 57.6 Å². The van der Waals surface area contributed by atoms with Gasteiger partial charge in [0.05, 0.1) is 14.9 Å². The van der Waals surface area contributed by atoms with Gasteiger partial charge in [-0.25, -0.2) is 8.42 Å². The van der Waals surface area contributed by atoms with Gasteiger partial charge in [0.15, 0.2) is 6.10 Å². The Bertz CT molecular complexity index is 1040. The third-order valence-electron chi connectivity index (χ3n) is 3.93. The molecule has 0 heterocycles. The lowest BCUT2D eigenvalue weighted by molar-refractivity contribution is -0.151. The lowest BCUT2D eigenvalue weighted by Gasteiger charge is -2.15. The summed E-state index contributed by atoms with van der Waals surface area (Å²) in [7, 11) is -4.00. The van der Waals surface area contributed by atoms with Gasteiger partial charge in [-0.15, -0.1) is 0 Å². The van der Waals surface area contributed by atoms with E-state index in [0.717, 1.165) is 17.2 Å². The zero-order valence-corrected chi connectivity index (χ0v) is 18.3. The second-order valence-corrected chi connectivity index (χ2v) is 8.92. The number of rotatable bonds is 7. The zero-order valence-electron chi connectivity index (χ0n) is 16.0. The predicted molar refractivity (Wildman–Crippen MR) is 112 cm³/mol. The topological polar surface area (TPSA) is 102 Å². The molecule has 2 aromatic rings. The maximum absolute atomic E-state index is 12.2. The van der Waals surface area contributed by atoms with Gasteiger partial charge >= 0.3 is 5.97 Å². The summed E-state index contributed by atoms with van der Waals surface area (Å²) >= 11 is 11.6. The standard InChI is InChI=1S/C19H20Cl2N2O5S/c1-11-4-7-17(12(2)8-11)23-19(25)13(3)28-18(24)10-22-29(26,27)14-5-6-15(20)16(21)9-14/h4-9,13,22H,10H2,1-3H3,(H,23,25). The quantitative estimate of drug-likeness (QED) is 0.618. The average molecular weight is 459 g/mol. The van der Waals surface area contributed by atoms with E-state index in [1.807, 2.05) is 26.0 Å². The number of hydrogen-bond donors (Lipinski definition) is 2. The molecule has 1 atom stereocenters. The van der Waals surface area contributed by atoms with Crippen molar-refractivity contribution in [2.45, 2.75) is 31.8 Å². The Morgan fingerprint density at radius 1 is 1.07 bits per heavy atom. The number of amides is 1. The van der Waals surface area contributed by atoms with Crippen molar-refractivity contribution < 1.29 is 22.7 Å². The van der Waals surface area contributed by atoms with Gasteiger partial charge in [-0.2, -0.15) is 4.72 Å². The molecule has 2 aromatic carbocycles. The van der Waals surface area contributed by atoms with Crippen LogP contribution in [0.2, 0.25) is 10.0 Å². The molecule has 29 heavy (non-hydrogen) atoms. The molecule has 0 radical (unpaired) electrons. The smallest absolute Gasteiger partial charge is 0.321 e. The number of carbonyl (C=O) groups excluding carboxylic acids is 2. The lowest BCUT2D eigenvalue weighted by Crippen LogP contribution is -2.36. The maximum atomic E-state index is 12.2. The summed E-state index contributed by atoms with van der Waals surface area (Å²) in [6.07, 6.45) is -1.11. The van der Waals surface area contributed by atoms with Crippen LogP contribution in [0, 0.1) is 13.8 Å². The minimum atomic E-state index is -4.00. The number of carbonyl (C=O) groups is 2. The summed E-state index contributed by atoms with van der Waals surface area (Å²) < 4.78 is 31.5. The van der Waals surface area contributed by atoms with Gasteiger partial charge in [0, 0.05) is 5.69 Å². The molecule has 156 valence electrons. The molecule has 1 unspecified atom stereocenters. The SMILES string of the molecule is Cc1ccc(NC(=O)C(C)OC(=O)CNS(=O)(=O)c2ccc(Cl)c(Cl)c2)c(C)c1. The van der Waals surface area contributed by atoms with E-state index >= 15 is 0 Å². The van der Waals surface area contributed by atoms with Crippen molar-refractivity contribution in [2.24, 2.45) is 0 Å². The molecule has 0 aliphatic rings. The summed E-state index contributed by atoms with van der Waals surface area (Å²) in [6, 6.07) is 9.25. The molecule has 0 aliphatic heterocycles. The number of anilines is 1. The van der Waals surface area contributed by atoms with Crippen molar-refractivity contribution in [2.75, 3.05) is 11.9 Å². The van der Waals surface area contributed by atoms with Gasteiger partial charge < -0.3 is 10.1 Å². The number of sulfonamides is 1. The summed E-state index contributed by atoms with van der Waals surface area (Å²) in [5, 5.41) is 2.94. The van der Waals surface area contributed by atoms with E-state index < -0.39 is 34.5 Å². The van der Waals surface area contributed by atoms with Crippen molar-refractivity contribution in [3.8, 4) is 0 Å². The number of halogens is 2. The molecular weight excluding hydrogens is 439 g/mol. The summed E-state index contributed by atoms with van der Waals surface area (Å²) in [6.45, 7) is 4.52. The molecule has 0 fully saturated rings. The summed E-state index contributed by atoms with van der Waals surface area (Å²) in [4.78, 5) is 24.0. The van der Waals surface area contributed by atoms with Gasteiger partial charge in [-0.1, -0.05) is 40.9 Å². The number of aryl methyl sites for hydroxylation is 2. The van der Waals surface area contributed by atoms with E-state index in [4.69, 9.17) is 27.9 Å². The highest BCUT2D eigenvalue weighted by Gasteiger charge is 2.21. The van der Waals surface area contributed by atoms with Crippen LogP contribution in [0.1, 0.15) is 18.1 Å². The Balaban J connectivity index is 1.92. The monoisotopic (exact) mass is 458 g/mol.